The molecule has 1 aliphatic carbocycles. The van der Waals surface area contributed by atoms with Gasteiger partial charge in [0.25, 0.3) is 0 Å². The van der Waals surface area contributed by atoms with Crippen LogP contribution in [0.3, 0.4) is 0 Å². The van der Waals surface area contributed by atoms with Crippen LogP contribution in [0.2, 0.25) is 18.1 Å². The molecule has 4 rings (SSSR count). The Labute approximate surface area is 323 Å². The highest BCUT2D eigenvalue weighted by molar-refractivity contribution is 6.72. The van der Waals surface area contributed by atoms with E-state index in [9.17, 15) is 24.3 Å². The molecule has 5 atom stereocenters. The van der Waals surface area contributed by atoms with E-state index >= 15 is 0 Å². The lowest BCUT2D eigenvalue weighted by Crippen LogP contribution is -2.43. The van der Waals surface area contributed by atoms with Gasteiger partial charge in [0.2, 0.25) is 5.91 Å². The van der Waals surface area contributed by atoms with Crippen LogP contribution in [-0.4, -0.2) is 88.6 Å². The second kappa shape index (κ2) is 20.7. The minimum Gasteiger partial charge on any atom is -0.447 e. The molecule has 0 saturated carbocycles. The zero-order valence-electron chi connectivity index (χ0n) is 32.3. The summed E-state index contributed by atoms with van der Waals surface area (Å²) in [5.74, 6) is 6.12. The van der Waals surface area contributed by atoms with Gasteiger partial charge in [-0.1, -0.05) is 81.3 Å². The number of aliphatic hydroxyl groups is 1. The molecule has 2 aliphatic rings. The molecule has 1 fully saturated rings. The molecule has 1 heterocycles. The quantitative estimate of drug-likeness (QED) is 0.0704. The molecule has 13 heteroatoms. The predicted molar refractivity (Wildman–Crippen MR) is 211 cm³/mol. The van der Waals surface area contributed by atoms with Gasteiger partial charge >= 0.3 is 12.2 Å². The Morgan fingerprint density at radius 3 is 2.17 bits per heavy atom. The van der Waals surface area contributed by atoms with E-state index in [0.29, 0.717) is 38.9 Å². The zero-order valence-corrected chi connectivity index (χ0v) is 33.3. The maximum absolute atomic E-state index is 12.7. The zero-order chi connectivity index (χ0) is 39.1. The number of carbonyl (C=O) groups is 3. The third kappa shape index (κ3) is 13.2. The summed E-state index contributed by atoms with van der Waals surface area (Å²) in [5, 5.41) is 18.9. The summed E-state index contributed by atoms with van der Waals surface area (Å²) in [5.41, 5.74) is 3.74. The van der Waals surface area contributed by atoms with Crippen LogP contribution in [0.1, 0.15) is 100.0 Å². The van der Waals surface area contributed by atoms with E-state index in [1.54, 1.807) is 0 Å². The van der Waals surface area contributed by atoms with E-state index in [-0.39, 0.29) is 23.5 Å². The smallest absolute Gasteiger partial charge is 0.407 e. The van der Waals surface area contributed by atoms with Gasteiger partial charge in [-0.25, -0.2) is 9.59 Å². The Kier molecular flexibility index (Phi) is 16.5. The van der Waals surface area contributed by atoms with Crippen LogP contribution in [0.15, 0.2) is 48.5 Å². The number of nitrogens with one attached hydrogen (secondary N) is 3. The normalized spacial score (nSPS) is 20.6. The fourth-order valence-electron chi connectivity index (χ4n) is 6.60. The monoisotopic (exact) mass is 759 g/mol. The number of fused-ring (bicyclic) bond motifs is 2. The van der Waals surface area contributed by atoms with Crippen LogP contribution in [0.4, 0.5) is 9.59 Å². The summed E-state index contributed by atoms with van der Waals surface area (Å²) in [6.45, 7) is 9.11. The van der Waals surface area contributed by atoms with Gasteiger partial charge < -0.3 is 40.1 Å². The summed E-state index contributed by atoms with van der Waals surface area (Å²) < 4.78 is 16.8. The fraction of sp³-hybridized carbons (Fsp3) is 0.585. The predicted octanol–water partition coefficient (Wildman–Crippen LogP) is 5.61. The van der Waals surface area contributed by atoms with Gasteiger partial charge in [0.05, 0.1) is 6.10 Å². The second-order valence-corrected chi connectivity index (χ2v) is 20.0. The Bertz CT molecular complexity index is 1610. The first-order valence-corrected chi connectivity index (χ1v) is 22.3. The van der Waals surface area contributed by atoms with Crippen LogP contribution >= 0.6 is 0 Å². The van der Waals surface area contributed by atoms with Crippen LogP contribution in [0.5, 0.6) is 0 Å². The molecule has 5 N–H and O–H groups in total. The van der Waals surface area contributed by atoms with Crippen LogP contribution in [0.25, 0.3) is 0 Å². The number of benzene rings is 2. The molecule has 2 aromatic carbocycles. The lowest BCUT2D eigenvalue weighted by molar-refractivity contribution is -0.121. The summed E-state index contributed by atoms with van der Waals surface area (Å²) in [6.07, 6.45) is 4.12. The highest BCUT2D eigenvalue weighted by Crippen LogP contribution is 2.45. The highest BCUT2D eigenvalue weighted by atomic mass is 28.4. The molecular formula is C41H58BN3O8Si. The number of alkyl carbamates (subject to hydrolysis) is 2. The highest BCUT2D eigenvalue weighted by Gasteiger charge is 2.47. The van der Waals surface area contributed by atoms with Crippen molar-refractivity contribution in [2.45, 2.75) is 121 Å². The van der Waals surface area contributed by atoms with Gasteiger partial charge in [-0.3, -0.25) is 4.79 Å². The number of aliphatic hydroxyl groups excluding tert-OH is 1. The molecular weight excluding hydrogens is 701 g/mol. The van der Waals surface area contributed by atoms with Crippen molar-refractivity contribution >= 4 is 34.3 Å². The van der Waals surface area contributed by atoms with E-state index in [1.165, 1.54) is 0 Å². The van der Waals surface area contributed by atoms with Crippen molar-refractivity contribution in [2.75, 3.05) is 26.2 Å². The van der Waals surface area contributed by atoms with E-state index in [1.807, 2.05) is 75.5 Å². The minimum atomic E-state index is -2.49. The second-order valence-electron chi connectivity index (χ2n) is 15.6. The van der Waals surface area contributed by atoms with E-state index in [0.717, 1.165) is 67.2 Å². The fourth-order valence-corrected chi connectivity index (χ4v) is 7.33. The molecule has 0 spiro atoms. The number of carbonyl (C=O) groups excluding carboxylic acids is 3. The van der Waals surface area contributed by atoms with E-state index < -0.39 is 44.8 Å². The largest absolute Gasteiger partial charge is 0.447 e. The molecule has 1 saturated heterocycles. The topological polar surface area (TPSA) is 155 Å². The molecule has 2 unspecified atom stereocenters. The molecule has 2 aromatic rings. The number of rotatable bonds is 19. The first-order valence-electron chi connectivity index (χ1n) is 19.4. The maximum Gasteiger partial charge on any atom is 0.407 e. The van der Waals surface area contributed by atoms with Crippen LogP contribution in [-0.2, 0) is 25.4 Å². The van der Waals surface area contributed by atoms with Gasteiger partial charge in [-0.2, -0.15) is 0 Å². The Morgan fingerprint density at radius 2 is 1.46 bits per heavy atom. The molecule has 11 nitrogen and oxygen atoms in total. The maximum atomic E-state index is 12.7. The molecule has 2 radical (unpaired) electrons. The van der Waals surface area contributed by atoms with Crippen LogP contribution in [0, 0.1) is 17.8 Å². The number of hydrogen-bond acceptors (Lipinski definition) is 8. The average molecular weight is 760 g/mol. The number of ether oxygens (including phenoxy) is 3. The lowest BCUT2D eigenvalue weighted by Gasteiger charge is -2.38. The average Bonchev–Trinajstić information content (AvgIpc) is 3.38. The summed E-state index contributed by atoms with van der Waals surface area (Å²) in [7, 11) is 3.64. The minimum absolute atomic E-state index is 0.0181. The SMILES string of the molecule is [B][C@@H]1O[C@H](COC(=O)NCCCCCCNC(=O)CCCCCNC(=O)OC2Cc3ccccc3C#Cc3ccccc32)C(O)[C@@H]1CC(C)(C)[Si](C)(C)O. The standard InChI is InChI=1S/C41H58BN3O8Si/c1-41(2,54(3,4)50)27-33-37(47)35(52-38(33)42)28-51-39(48)44-24-14-6-5-13-23-43-36(46)20-8-7-15-25-45-40(49)53-34-26-31-18-10-9-16-29(31)21-22-30-17-11-12-19-32(30)34/h9-12,16-19,33-35,37-38,47,50H,5-8,13-15,20,23-28H2,1-4H3,(H,43,46)(H,44,48)(H,45,49)/t33-,34?,35+,37?,38+/m0/s1. The molecule has 1 aliphatic heterocycles. The van der Waals surface area contributed by atoms with Crippen molar-refractivity contribution in [3.8, 4) is 11.8 Å². The van der Waals surface area contributed by atoms with Crippen molar-refractivity contribution in [1.29, 1.82) is 0 Å². The van der Waals surface area contributed by atoms with Gasteiger partial charge in [-0.05, 0) is 67.9 Å². The first kappa shape index (κ1) is 42.9. The summed E-state index contributed by atoms with van der Waals surface area (Å²) in [6, 6.07) is 15.0. The van der Waals surface area contributed by atoms with Gasteiger partial charge in [0, 0.05) is 61.1 Å². The molecule has 292 valence electrons. The van der Waals surface area contributed by atoms with Crippen molar-refractivity contribution in [3.63, 3.8) is 0 Å². The van der Waals surface area contributed by atoms with Gasteiger partial charge in [-0.15, -0.1) is 0 Å². The Morgan fingerprint density at radius 1 is 0.870 bits per heavy atom. The van der Waals surface area contributed by atoms with E-state index in [2.05, 4.69) is 27.8 Å². The van der Waals surface area contributed by atoms with Crippen molar-refractivity contribution in [3.05, 3.63) is 70.8 Å². The third-order valence-electron chi connectivity index (χ3n) is 10.7. The third-order valence-corrected chi connectivity index (χ3v) is 14.2. The van der Waals surface area contributed by atoms with E-state index in [4.69, 9.17) is 22.1 Å². The van der Waals surface area contributed by atoms with Crippen LogP contribution < -0.4 is 16.0 Å². The number of hydrogen-bond donors (Lipinski definition) is 5. The van der Waals surface area contributed by atoms with Crippen molar-refractivity contribution in [1.82, 2.24) is 16.0 Å². The van der Waals surface area contributed by atoms with Gasteiger partial charge in [0.15, 0.2) is 8.32 Å². The molecule has 54 heavy (non-hydrogen) atoms. The Hall–Kier alpha value is -3.83. The van der Waals surface area contributed by atoms with Crippen molar-refractivity contribution < 1.29 is 38.5 Å². The summed E-state index contributed by atoms with van der Waals surface area (Å²) in [4.78, 5) is 47.7. The lowest BCUT2D eigenvalue weighted by atomic mass is 9.79. The van der Waals surface area contributed by atoms with Gasteiger partial charge in [0.1, 0.15) is 26.7 Å². The first-order chi connectivity index (χ1) is 25.7. The van der Waals surface area contributed by atoms with Crippen molar-refractivity contribution in [2.24, 2.45) is 5.92 Å². The molecule has 3 amide bonds. The summed E-state index contributed by atoms with van der Waals surface area (Å²) >= 11 is 0. The number of amides is 3. The molecule has 0 aromatic heterocycles. The number of unbranched alkanes of at least 4 members (excludes halogenated alkanes) is 5. The Balaban J connectivity index is 0.980. The molecule has 0 bridgehead atoms.